The quantitative estimate of drug-likeness (QED) is 0.740. The maximum Gasteiger partial charge on any atom is 0.420 e. The fourth-order valence-corrected chi connectivity index (χ4v) is 1.64. The standard InChI is InChI=1S/C11H13F3OS/c1-3-6-15-10-5-4-8(16-2)7-9(10)11(12,13)14/h4-5,7H,3,6H2,1-2H3. The molecule has 90 valence electrons. The average Bonchev–Trinajstić information content (AvgIpc) is 2.25. The summed E-state index contributed by atoms with van der Waals surface area (Å²) in [6.45, 7) is 2.14. The van der Waals surface area contributed by atoms with Gasteiger partial charge in [-0.05, 0) is 30.9 Å². The van der Waals surface area contributed by atoms with Gasteiger partial charge in [0.15, 0.2) is 0 Å². The van der Waals surface area contributed by atoms with Gasteiger partial charge in [-0.25, -0.2) is 0 Å². The SMILES string of the molecule is CCCOc1ccc(SC)cc1C(F)(F)F. The summed E-state index contributed by atoms with van der Waals surface area (Å²) in [4.78, 5) is 0.580. The maximum atomic E-state index is 12.7. The molecule has 0 aliphatic heterocycles. The Labute approximate surface area is 97.0 Å². The minimum absolute atomic E-state index is 0.0906. The summed E-state index contributed by atoms with van der Waals surface area (Å²) in [7, 11) is 0. The van der Waals surface area contributed by atoms with E-state index in [1.165, 1.54) is 17.8 Å². The predicted octanol–water partition coefficient (Wildman–Crippen LogP) is 4.22. The van der Waals surface area contributed by atoms with Crippen molar-refractivity contribution in [3.05, 3.63) is 23.8 Å². The van der Waals surface area contributed by atoms with Crippen molar-refractivity contribution in [3.8, 4) is 5.75 Å². The molecule has 16 heavy (non-hydrogen) atoms. The van der Waals surface area contributed by atoms with E-state index < -0.39 is 11.7 Å². The first-order valence-corrected chi connectivity index (χ1v) is 6.09. The fraction of sp³-hybridized carbons (Fsp3) is 0.455. The minimum Gasteiger partial charge on any atom is -0.493 e. The molecule has 0 heterocycles. The van der Waals surface area contributed by atoms with Gasteiger partial charge in [0.1, 0.15) is 5.75 Å². The number of hydrogen-bond donors (Lipinski definition) is 0. The van der Waals surface area contributed by atoms with E-state index in [-0.39, 0.29) is 5.75 Å². The Morgan fingerprint density at radius 3 is 2.50 bits per heavy atom. The van der Waals surface area contributed by atoms with Gasteiger partial charge in [0.05, 0.1) is 12.2 Å². The Hall–Kier alpha value is -0.840. The van der Waals surface area contributed by atoms with Crippen molar-refractivity contribution in [1.82, 2.24) is 0 Å². The van der Waals surface area contributed by atoms with Crippen LogP contribution in [-0.4, -0.2) is 12.9 Å². The third kappa shape index (κ3) is 3.33. The minimum atomic E-state index is -4.37. The normalized spacial score (nSPS) is 11.6. The predicted molar refractivity (Wildman–Crippen MR) is 59.0 cm³/mol. The lowest BCUT2D eigenvalue weighted by molar-refractivity contribution is -0.139. The molecule has 0 aliphatic carbocycles. The highest BCUT2D eigenvalue weighted by Gasteiger charge is 2.34. The van der Waals surface area contributed by atoms with Gasteiger partial charge in [-0.15, -0.1) is 11.8 Å². The third-order valence-electron chi connectivity index (χ3n) is 1.95. The molecule has 0 saturated heterocycles. The van der Waals surface area contributed by atoms with Crippen molar-refractivity contribution in [3.63, 3.8) is 0 Å². The van der Waals surface area contributed by atoms with Crippen LogP contribution in [0.2, 0.25) is 0 Å². The molecule has 1 aromatic carbocycles. The van der Waals surface area contributed by atoms with E-state index in [2.05, 4.69) is 0 Å². The van der Waals surface area contributed by atoms with Gasteiger partial charge >= 0.3 is 6.18 Å². The molecule has 5 heteroatoms. The molecule has 1 nitrogen and oxygen atoms in total. The van der Waals surface area contributed by atoms with Crippen LogP contribution in [0.15, 0.2) is 23.1 Å². The van der Waals surface area contributed by atoms with Crippen molar-refractivity contribution >= 4 is 11.8 Å². The van der Waals surface area contributed by atoms with E-state index in [1.807, 2.05) is 6.92 Å². The first-order valence-electron chi connectivity index (χ1n) is 4.87. The van der Waals surface area contributed by atoms with E-state index in [4.69, 9.17) is 4.74 Å². The Balaban J connectivity index is 3.06. The maximum absolute atomic E-state index is 12.7. The number of hydrogen-bond acceptors (Lipinski definition) is 2. The molecule has 0 N–H and O–H groups in total. The van der Waals surface area contributed by atoms with Crippen LogP contribution in [0.1, 0.15) is 18.9 Å². The molecule has 1 rings (SSSR count). The molecular weight excluding hydrogens is 237 g/mol. The van der Waals surface area contributed by atoms with Crippen LogP contribution in [0, 0.1) is 0 Å². The molecule has 0 amide bonds. The zero-order valence-electron chi connectivity index (χ0n) is 9.10. The van der Waals surface area contributed by atoms with Gasteiger partial charge in [-0.3, -0.25) is 0 Å². The van der Waals surface area contributed by atoms with Gasteiger partial charge < -0.3 is 4.74 Å². The molecule has 0 bridgehead atoms. The smallest absolute Gasteiger partial charge is 0.420 e. The first kappa shape index (κ1) is 13.2. The largest absolute Gasteiger partial charge is 0.493 e. The van der Waals surface area contributed by atoms with Gasteiger partial charge in [0, 0.05) is 4.90 Å². The van der Waals surface area contributed by atoms with E-state index in [0.717, 1.165) is 6.07 Å². The number of thioether (sulfide) groups is 1. The lowest BCUT2D eigenvalue weighted by Gasteiger charge is -2.14. The third-order valence-corrected chi connectivity index (χ3v) is 2.68. The van der Waals surface area contributed by atoms with Gasteiger partial charge in [-0.1, -0.05) is 6.92 Å². The van der Waals surface area contributed by atoms with Gasteiger partial charge in [-0.2, -0.15) is 13.2 Å². The summed E-state index contributed by atoms with van der Waals surface area (Å²) in [5, 5.41) is 0. The lowest BCUT2D eigenvalue weighted by Crippen LogP contribution is -2.09. The Kier molecular flexibility index (Phi) is 4.53. The van der Waals surface area contributed by atoms with Crippen molar-refractivity contribution < 1.29 is 17.9 Å². The second kappa shape index (κ2) is 5.48. The lowest BCUT2D eigenvalue weighted by atomic mass is 10.2. The van der Waals surface area contributed by atoms with Crippen LogP contribution in [0.4, 0.5) is 13.2 Å². The Morgan fingerprint density at radius 1 is 1.31 bits per heavy atom. The highest BCUT2D eigenvalue weighted by molar-refractivity contribution is 7.98. The molecule has 0 radical (unpaired) electrons. The second-order valence-electron chi connectivity index (χ2n) is 3.21. The average molecular weight is 250 g/mol. The molecular formula is C11H13F3OS. The summed E-state index contributed by atoms with van der Waals surface area (Å²) in [6.07, 6.45) is -1.95. The zero-order chi connectivity index (χ0) is 12.2. The molecule has 0 aliphatic rings. The first-order chi connectivity index (χ1) is 7.49. The number of halogens is 3. The van der Waals surface area contributed by atoms with Crippen molar-refractivity contribution in [2.45, 2.75) is 24.4 Å². The molecule has 0 atom stereocenters. The molecule has 0 spiro atoms. The topological polar surface area (TPSA) is 9.23 Å². The summed E-state index contributed by atoms with van der Waals surface area (Å²) in [5.74, 6) is -0.0906. The van der Waals surface area contributed by atoms with Crippen LogP contribution >= 0.6 is 11.8 Å². The van der Waals surface area contributed by atoms with E-state index in [1.54, 1.807) is 12.3 Å². The van der Waals surface area contributed by atoms with Crippen LogP contribution in [0.5, 0.6) is 5.75 Å². The molecule has 0 aromatic heterocycles. The van der Waals surface area contributed by atoms with Crippen LogP contribution in [0.3, 0.4) is 0 Å². The number of benzene rings is 1. The van der Waals surface area contributed by atoms with E-state index >= 15 is 0 Å². The number of rotatable bonds is 4. The van der Waals surface area contributed by atoms with Crippen molar-refractivity contribution in [2.24, 2.45) is 0 Å². The van der Waals surface area contributed by atoms with Crippen molar-refractivity contribution in [1.29, 1.82) is 0 Å². The summed E-state index contributed by atoms with van der Waals surface area (Å²) >= 11 is 1.28. The van der Waals surface area contributed by atoms with E-state index in [9.17, 15) is 13.2 Å². The Bertz CT molecular complexity index is 350. The van der Waals surface area contributed by atoms with Gasteiger partial charge in [0.2, 0.25) is 0 Å². The number of ether oxygens (including phenoxy) is 1. The summed E-state index contributed by atoms with van der Waals surface area (Å²) in [6, 6.07) is 4.13. The molecule has 1 aromatic rings. The second-order valence-corrected chi connectivity index (χ2v) is 4.09. The van der Waals surface area contributed by atoms with Crippen LogP contribution in [-0.2, 0) is 6.18 Å². The highest BCUT2D eigenvalue weighted by atomic mass is 32.2. The summed E-state index contributed by atoms with van der Waals surface area (Å²) < 4.78 is 43.2. The molecule has 0 unspecified atom stereocenters. The van der Waals surface area contributed by atoms with E-state index in [0.29, 0.717) is 17.9 Å². The van der Waals surface area contributed by atoms with Gasteiger partial charge in [0.25, 0.3) is 0 Å². The summed E-state index contributed by atoms with van der Waals surface area (Å²) in [5.41, 5.74) is -0.701. The van der Waals surface area contributed by atoms with Crippen LogP contribution < -0.4 is 4.74 Å². The molecule has 0 saturated carbocycles. The zero-order valence-corrected chi connectivity index (χ0v) is 9.91. The molecule has 0 fully saturated rings. The Morgan fingerprint density at radius 2 is 2.00 bits per heavy atom. The fourth-order valence-electron chi connectivity index (χ4n) is 1.20. The monoisotopic (exact) mass is 250 g/mol. The van der Waals surface area contributed by atoms with Crippen LogP contribution in [0.25, 0.3) is 0 Å². The number of alkyl halides is 3. The van der Waals surface area contributed by atoms with Crippen molar-refractivity contribution in [2.75, 3.05) is 12.9 Å². The highest BCUT2D eigenvalue weighted by Crippen LogP contribution is 2.38.